The van der Waals surface area contributed by atoms with Crippen LogP contribution in [-0.2, 0) is 14.8 Å². The van der Waals surface area contributed by atoms with Gasteiger partial charge >= 0.3 is 6.03 Å². The molecule has 8 nitrogen and oxygen atoms in total. The number of amides is 3. The van der Waals surface area contributed by atoms with Crippen LogP contribution in [0.3, 0.4) is 0 Å². The average Bonchev–Trinajstić information content (AvgIpc) is 2.81. The molecule has 1 aromatic rings. The highest BCUT2D eigenvalue weighted by atomic mass is 32.2. The molecule has 2 saturated heterocycles. The summed E-state index contributed by atoms with van der Waals surface area (Å²) in [5, 5.41) is 2.72. The first-order chi connectivity index (χ1) is 12.1. The number of urea groups is 1. The highest BCUT2D eigenvalue weighted by Gasteiger charge is 2.52. The van der Waals surface area contributed by atoms with Crippen LogP contribution in [0.4, 0.5) is 4.79 Å². The van der Waals surface area contributed by atoms with Crippen LogP contribution < -0.4 is 10.1 Å². The van der Waals surface area contributed by atoms with Gasteiger partial charge in [0.25, 0.3) is 5.91 Å². The third-order valence-electron chi connectivity index (χ3n) is 5.25. The van der Waals surface area contributed by atoms with E-state index in [-0.39, 0.29) is 36.7 Å². The van der Waals surface area contributed by atoms with Crippen molar-refractivity contribution in [2.45, 2.75) is 37.1 Å². The van der Waals surface area contributed by atoms with Crippen molar-refractivity contribution in [3.63, 3.8) is 0 Å². The minimum Gasteiger partial charge on any atom is -0.496 e. The summed E-state index contributed by atoms with van der Waals surface area (Å²) in [7, 11) is -0.716. The smallest absolute Gasteiger partial charge is 0.324 e. The SMILES string of the molecule is COc1cc(C)c(S(=O)(=O)N2CCC3(CC2)NC(=O)N(C)C3=O)cc1C. The Morgan fingerprint density at radius 1 is 1.12 bits per heavy atom. The molecule has 3 amide bonds. The molecule has 2 aliphatic heterocycles. The van der Waals surface area contributed by atoms with Crippen molar-refractivity contribution in [2.24, 2.45) is 0 Å². The van der Waals surface area contributed by atoms with Crippen molar-refractivity contribution in [1.82, 2.24) is 14.5 Å². The van der Waals surface area contributed by atoms with Crippen LogP contribution in [0.5, 0.6) is 5.75 Å². The van der Waals surface area contributed by atoms with E-state index in [2.05, 4.69) is 5.32 Å². The van der Waals surface area contributed by atoms with E-state index in [0.29, 0.717) is 11.3 Å². The number of piperidine rings is 1. The minimum absolute atomic E-state index is 0.173. The molecular weight excluding hydrogens is 358 g/mol. The van der Waals surface area contributed by atoms with Crippen molar-refractivity contribution < 1.29 is 22.7 Å². The Bertz CT molecular complexity index is 873. The predicted octanol–water partition coefficient (Wildman–Crippen LogP) is 1.02. The van der Waals surface area contributed by atoms with Crippen LogP contribution in [0.25, 0.3) is 0 Å². The Hall–Kier alpha value is -2.13. The summed E-state index contributed by atoms with van der Waals surface area (Å²) < 4.78 is 32.8. The number of hydrogen-bond acceptors (Lipinski definition) is 5. The van der Waals surface area contributed by atoms with Crippen LogP contribution in [0.2, 0.25) is 0 Å². The Kier molecular flexibility index (Phi) is 4.48. The molecule has 2 fully saturated rings. The summed E-state index contributed by atoms with van der Waals surface area (Å²) in [4.78, 5) is 25.4. The third-order valence-corrected chi connectivity index (χ3v) is 7.29. The van der Waals surface area contributed by atoms with Crippen LogP contribution >= 0.6 is 0 Å². The maximum Gasteiger partial charge on any atom is 0.324 e. The van der Waals surface area contributed by atoms with Crippen molar-refractivity contribution >= 4 is 22.0 Å². The number of nitrogens with zero attached hydrogens (tertiary/aromatic N) is 2. The van der Waals surface area contributed by atoms with Gasteiger partial charge in [-0.15, -0.1) is 0 Å². The Morgan fingerprint density at radius 2 is 1.73 bits per heavy atom. The molecule has 9 heteroatoms. The van der Waals surface area contributed by atoms with Gasteiger partial charge in [0.15, 0.2) is 0 Å². The maximum atomic E-state index is 13.1. The fourth-order valence-electron chi connectivity index (χ4n) is 3.60. The molecule has 0 aliphatic carbocycles. The van der Waals surface area contributed by atoms with Crippen LogP contribution in [0.1, 0.15) is 24.0 Å². The quantitative estimate of drug-likeness (QED) is 0.789. The second-order valence-corrected chi connectivity index (χ2v) is 8.77. The molecule has 3 rings (SSSR count). The Labute approximate surface area is 153 Å². The van der Waals surface area contributed by atoms with Gasteiger partial charge in [-0.3, -0.25) is 9.69 Å². The lowest BCUT2D eigenvalue weighted by Gasteiger charge is -2.36. The molecule has 0 saturated carbocycles. The van der Waals surface area contributed by atoms with Gasteiger partial charge in [-0.25, -0.2) is 13.2 Å². The number of aryl methyl sites for hydroxylation is 2. The molecule has 1 spiro atoms. The van der Waals surface area contributed by atoms with Crippen molar-refractivity contribution in [2.75, 3.05) is 27.2 Å². The number of benzene rings is 1. The van der Waals surface area contributed by atoms with Gasteiger partial charge < -0.3 is 10.1 Å². The lowest BCUT2D eigenvalue weighted by atomic mass is 9.88. The van der Waals surface area contributed by atoms with Crippen LogP contribution in [0, 0.1) is 13.8 Å². The first-order valence-corrected chi connectivity index (χ1v) is 9.82. The van der Waals surface area contributed by atoms with Gasteiger partial charge in [-0.2, -0.15) is 4.31 Å². The van der Waals surface area contributed by atoms with Crippen molar-refractivity contribution in [3.05, 3.63) is 23.3 Å². The lowest BCUT2D eigenvalue weighted by Crippen LogP contribution is -2.55. The topological polar surface area (TPSA) is 96.0 Å². The number of rotatable bonds is 3. The number of likely N-dealkylation sites (N-methyl/N-ethyl adjacent to an activating group) is 1. The average molecular weight is 381 g/mol. The highest BCUT2D eigenvalue weighted by Crippen LogP contribution is 2.33. The summed E-state index contributed by atoms with van der Waals surface area (Å²) in [6.45, 7) is 3.88. The number of sulfonamides is 1. The van der Waals surface area contributed by atoms with Crippen LogP contribution in [0.15, 0.2) is 17.0 Å². The number of carbonyl (C=O) groups is 2. The van der Waals surface area contributed by atoms with E-state index in [1.807, 2.05) is 0 Å². The fraction of sp³-hybridized carbons (Fsp3) is 0.529. The standard InChI is InChI=1S/C17H23N3O5S/c1-11-10-14(12(2)9-13(11)25-4)26(23,24)20-7-5-17(6-8-20)15(21)19(3)16(22)18-17/h9-10H,5-8H2,1-4H3,(H,18,22). The second-order valence-electron chi connectivity index (χ2n) is 6.87. The number of nitrogens with one attached hydrogen (secondary N) is 1. The van der Waals surface area contributed by atoms with Gasteiger partial charge in [0.2, 0.25) is 10.0 Å². The molecule has 0 bridgehead atoms. The monoisotopic (exact) mass is 381 g/mol. The van der Waals surface area contributed by atoms with E-state index in [4.69, 9.17) is 4.74 Å². The highest BCUT2D eigenvalue weighted by molar-refractivity contribution is 7.89. The largest absolute Gasteiger partial charge is 0.496 e. The molecule has 2 aliphatic rings. The molecule has 1 aromatic carbocycles. The summed E-state index contributed by atoms with van der Waals surface area (Å²) in [6, 6.07) is 2.89. The van der Waals surface area contributed by atoms with E-state index in [9.17, 15) is 18.0 Å². The molecule has 142 valence electrons. The second kappa shape index (κ2) is 6.24. The molecule has 2 heterocycles. The first kappa shape index (κ1) is 18.7. The number of ether oxygens (including phenoxy) is 1. The van der Waals surface area contributed by atoms with Gasteiger partial charge in [-0.1, -0.05) is 0 Å². The van der Waals surface area contributed by atoms with E-state index in [1.54, 1.807) is 33.1 Å². The zero-order valence-electron chi connectivity index (χ0n) is 15.3. The molecule has 26 heavy (non-hydrogen) atoms. The third kappa shape index (κ3) is 2.75. The fourth-order valence-corrected chi connectivity index (χ4v) is 5.34. The van der Waals surface area contributed by atoms with E-state index >= 15 is 0 Å². The normalized spacial score (nSPS) is 20.5. The summed E-state index contributed by atoms with van der Waals surface area (Å²) >= 11 is 0. The molecule has 0 aromatic heterocycles. The number of imide groups is 1. The van der Waals surface area contributed by atoms with Crippen molar-refractivity contribution in [1.29, 1.82) is 0 Å². The molecule has 0 unspecified atom stereocenters. The van der Waals surface area contributed by atoms with Crippen LogP contribution in [-0.4, -0.2) is 62.3 Å². The predicted molar refractivity (Wildman–Crippen MR) is 94.5 cm³/mol. The minimum atomic E-state index is -3.69. The zero-order valence-corrected chi connectivity index (χ0v) is 16.1. The first-order valence-electron chi connectivity index (χ1n) is 8.38. The summed E-state index contributed by atoms with van der Waals surface area (Å²) in [6.07, 6.45) is 0.519. The molecular formula is C17H23N3O5S. The molecule has 0 atom stereocenters. The molecule has 1 N–H and O–H groups in total. The number of methoxy groups -OCH3 is 1. The number of carbonyl (C=O) groups excluding carboxylic acids is 2. The number of hydrogen-bond donors (Lipinski definition) is 1. The van der Waals surface area contributed by atoms with Crippen molar-refractivity contribution in [3.8, 4) is 5.75 Å². The maximum absolute atomic E-state index is 13.1. The van der Waals surface area contributed by atoms with E-state index < -0.39 is 21.6 Å². The Morgan fingerprint density at radius 3 is 2.23 bits per heavy atom. The van der Waals surface area contributed by atoms with Gasteiger partial charge in [0.05, 0.1) is 12.0 Å². The zero-order chi connectivity index (χ0) is 19.3. The van der Waals surface area contributed by atoms with E-state index in [1.165, 1.54) is 11.4 Å². The van der Waals surface area contributed by atoms with Gasteiger partial charge in [-0.05, 0) is 49.9 Å². The van der Waals surface area contributed by atoms with Gasteiger partial charge in [0.1, 0.15) is 11.3 Å². The lowest BCUT2D eigenvalue weighted by molar-refractivity contribution is -0.131. The Balaban J connectivity index is 1.84. The van der Waals surface area contributed by atoms with E-state index in [0.717, 1.165) is 10.5 Å². The summed E-state index contributed by atoms with van der Waals surface area (Å²) in [5.41, 5.74) is 0.366. The van der Waals surface area contributed by atoms with Gasteiger partial charge in [0, 0.05) is 20.1 Å². The molecule has 0 radical (unpaired) electrons. The summed E-state index contributed by atoms with van der Waals surface area (Å²) in [5.74, 6) is 0.345.